The van der Waals surface area contributed by atoms with Crippen LogP contribution in [0.25, 0.3) is 0 Å². The molecule has 0 N–H and O–H groups in total. The minimum atomic E-state index is -0.606. The second-order valence-electron chi connectivity index (χ2n) is 3.54. The number of aryl methyl sites for hydroxylation is 1. The lowest BCUT2D eigenvalue weighted by Gasteiger charge is -2.09. The van der Waals surface area contributed by atoms with Gasteiger partial charge in [-0.1, -0.05) is 24.9 Å². The van der Waals surface area contributed by atoms with Crippen molar-refractivity contribution >= 4 is 17.6 Å². The van der Waals surface area contributed by atoms with Gasteiger partial charge in [0.15, 0.2) is 5.69 Å². The molecule has 1 rings (SSSR count). The summed E-state index contributed by atoms with van der Waals surface area (Å²) >= 11 is 6.02. The summed E-state index contributed by atoms with van der Waals surface area (Å²) in [5, 5.41) is 3.94. The maximum absolute atomic E-state index is 11.8. The Labute approximate surface area is 104 Å². The highest BCUT2D eigenvalue weighted by atomic mass is 35.5. The summed E-state index contributed by atoms with van der Waals surface area (Å²) in [6.07, 6.45) is 1.28. The van der Waals surface area contributed by atoms with E-state index in [2.05, 4.69) is 5.10 Å². The molecule has 0 aromatic carbocycles. The predicted octanol–water partition coefficient (Wildman–Crippen LogP) is 1.56. The monoisotopic (exact) mass is 258 g/mol. The molecule has 0 fully saturated rings. The van der Waals surface area contributed by atoms with Crippen LogP contribution in [-0.4, -0.2) is 22.4 Å². The zero-order valence-corrected chi connectivity index (χ0v) is 10.9. The average Bonchev–Trinajstić information content (AvgIpc) is 2.29. The number of esters is 1. The number of halogens is 1. The van der Waals surface area contributed by atoms with Gasteiger partial charge < -0.3 is 4.74 Å². The third-order valence-corrected chi connectivity index (χ3v) is 2.65. The van der Waals surface area contributed by atoms with Gasteiger partial charge in [0, 0.05) is 12.6 Å². The van der Waals surface area contributed by atoms with Crippen LogP contribution < -0.4 is 5.56 Å². The lowest BCUT2D eigenvalue weighted by molar-refractivity contribution is 0.0516. The molecule has 1 aromatic rings. The van der Waals surface area contributed by atoms with Gasteiger partial charge in [-0.2, -0.15) is 5.10 Å². The minimum Gasteiger partial charge on any atom is -0.461 e. The van der Waals surface area contributed by atoms with Crippen molar-refractivity contribution in [3.05, 3.63) is 26.6 Å². The molecule has 0 radical (unpaired) electrons. The molecular formula is C11H15ClN2O3. The zero-order valence-electron chi connectivity index (χ0n) is 10.1. The first-order chi connectivity index (χ1) is 8.02. The highest BCUT2D eigenvalue weighted by molar-refractivity contribution is 6.34. The Balaban J connectivity index is 3.33. The molecular weight excluding hydrogens is 244 g/mol. The van der Waals surface area contributed by atoms with Crippen molar-refractivity contribution in [2.24, 2.45) is 7.05 Å². The highest BCUT2D eigenvalue weighted by Gasteiger charge is 2.20. The van der Waals surface area contributed by atoms with E-state index in [9.17, 15) is 9.59 Å². The van der Waals surface area contributed by atoms with Crippen LogP contribution in [-0.2, 0) is 18.2 Å². The van der Waals surface area contributed by atoms with Crippen molar-refractivity contribution < 1.29 is 9.53 Å². The van der Waals surface area contributed by atoms with Gasteiger partial charge in [0.05, 0.1) is 11.6 Å². The molecule has 0 aliphatic rings. The Bertz CT molecular complexity index is 482. The fraction of sp³-hybridized carbons (Fsp3) is 0.545. The van der Waals surface area contributed by atoms with Crippen LogP contribution in [0, 0.1) is 0 Å². The number of carbonyl (C=O) groups is 1. The Kier molecular flexibility index (Phi) is 4.69. The molecule has 1 heterocycles. The third-order valence-electron chi connectivity index (χ3n) is 2.24. The summed E-state index contributed by atoms with van der Waals surface area (Å²) < 4.78 is 5.95. The molecule has 1 aromatic heterocycles. The lowest BCUT2D eigenvalue weighted by Crippen LogP contribution is -2.27. The highest BCUT2D eigenvalue weighted by Crippen LogP contribution is 2.18. The first-order valence-corrected chi connectivity index (χ1v) is 5.83. The molecule has 0 spiro atoms. The summed E-state index contributed by atoms with van der Waals surface area (Å²) in [7, 11) is 1.49. The van der Waals surface area contributed by atoms with Gasteiger partial charge in [-0.3, -0.25) is 4.79 Å². The van der Waals surface area contributed by atoms with Gasteiger partial charge in [-0.15, -0.1) is 0 Å². The quantitative estimate of drug-likeness (QED) is 0.769. The van der Waals surface area contributed by atoms with E-state index < -0.39 is 5.97 Å². The van der Waals surface area contributed by atoms with Gasteiger partial charge in [-0.05, 0) is 13.3 Å². The molecule has 0 saturated carbocycles. The van der Waals surface area contributed by atoms with E-state index in [1.165, 1.54) is 7.05 Å². The number of ether oxygens (including phenoxy) is 1. The van der Waals surface area contributed by atoms with Crippen molar-refractivity contribution in [1.29, 1.82) is 0 Å². The Hall–Kier alpha value is -1.36. The first kappa shape index (κ1) is 13.7. The Morgan fingerprint density at radius 2 is 2.12 bits per heavy atom. The second-order valence-corrected chi connectivity index (χ2v) is 3.92. The SMILES string of the molecule is CCCc1c(Cl)c(C(=O)OCC)nn(C)c1=O. The van der Waals surface area contributed by atoms with E-state index in [-0.39, 0.29) is 22.9 Å². The molecule has 0 aliphatic heterocycles. The topological polar surface area (TPSA) is 61.2 Å². The summed E-state index contributed by atoms with van der Waals surface area (Å²) in [5.41, 5.74) is 0.138. The molecule has 6 heteroatoms. The van der Waals surface area contributed by atoms with Crippen molar-refractivity contribution in [3.63, 3.8) is 0 Å². The molecule has 94 valence electrons. The van der Waals surface area contributed by atoms with Crippen LogP contribution in [0.1, 0.15) is 36.3 Å². The minimum absolute atomic E-state index is 0.000864. The lowest BCUT2D eigenvalue weighted by atomic mass is 10.1. The standard InChI is InChI=1S/C11H15ClN2O3/c1-4-6-7-8(12)9(11(16)17-5-2)13-14(3)10(7)15/h4-6H2,1-3H3. The van der Waals surface area contributed by atoms with E-state index in [0.29, 0.717) is 12.0 Å². The van der Waals surface area contributed by atoms with Gasteiger partial charge in [0.2, 0.25) is 0 Å². The molecule has 0 aliphatic carbocycles. The number of aromatic nitrogens is 2. The van der Waals surface area contributed by atoms with Crippen molar-refractivity contribution in [2.45, 2.75) is 26.7 Å². The first-order valence-electron chi connectivity index (χ1n) is 5.45. The maximum Gasteiger partial charge on any atom is 0.360 e. The van der Waals surface area contributed by atoms with Gasteiger partial charge in [0.1, 0.15) is 0 Å². The predicted molar refractivity (Wildman–Crippen MR) is 64.4 cm³/mol. The van der Waals surface area contributed by atoms with Crippen LogP contribution >= 0.6 is 11.6 Å². The van der Waals surface area contributed by atoms with Crippen LogP contribution in [0.15, 0.2) is 4.79 Å². The van der Waals surface area contributed by atoms with Gasteiger partial charge >= 0.3 is 5.97 Å². The molecule has 0 bridgehead atoms. The van der Waals surface area contributed by atoms with Crippen LogP contribution in [0.3, 0.4) is 0 Å². The van der Waals surface area contributed by atoms with E-state index in [1.807, 2.05) is 6.92 Å². The van der Waals surface area contributed by atoms with E-state index in [4.69, 9.17) is 16.3 Å². The van der Waals surface area contributed by atoms with E-state index in [1.54, 1.807) is 6.92 Å². The number of nitrogens with zero attached hydrogens (tertiary/aromatic N) is 2. The summed E-state index contributed by atoms with van der Waals surface area (Å²) in [4.78, 5) is 23.4. The molecule has 0 atom stereocenters. The summed E-state index contributed by atoms with van der Waals surface area (Å²) in [6, 6.07) is 0. The van der Waals surface area contributed by atoms with E-state index >= 15 is 0 Å². The van der Waals surface area contributed by atoms with Crippen LogP contribution in [0.4, 0.5) is 0 Å². The molecule has 0 unspecified atom stereocenters. The van der Waals surface area contributed by atoms with Crippen LogP contribution in [0.2, 0.25) is 5.02 Å². The number of hydrogen-bond donors (Lipinski definition) is 0. The third kappa shape index (κ3) is 2.85. The Morgan fingerprint density at radius 1 is 1.47 bits per heavy atom. The fourth-order valence-corrected chi connectivity index (χ4v) is 1.76. The molecule has 0 saturated heterocycles. The fourth-order valence-electron chi connectivity index (χ4n) is 1.47. The summed E-state index contributed by atoms with van der Waals surface area (Å²) in [6.45, 7) is 3.86. The van der Waals surface area contributed by atoms with Gasteiger partial charge in [-0.25, -0.2) is 9.48 Å². The zero-order chi connectivity index (χ0) is 13.0. The van der Waals surface area contributed by atoms with E-state index in [0.717, 1.165) is 11.1 Å². The average molecular weight is 259 g/mol. The number of hydrogen-bond acceptors (Lipinski definition) is 4. The van der Waals surface area contributed by atoms with Crippen LogP contribution in [0.5, 0.6) is 0 Å². The molecule has 0 amide bonds. The Morgan fingerprint density at radius 3 is 2.65 bits per heavy atom. The van der Waals surface area contributed by atoms with Crippen molar-refractivity contribution in [1.82, 2.24) is 9.78 Å². The van der Waals surface area contributed by atoms with Crippen molar-refractivity contribution in [2.75, 3.05) is 6.61 Å². The number of rotatable bonds is 4. The normalized spacial score (nSPS) is 10.4. The molecule has 5 nitrogen and oxygen atoms in total. The molecule has 17 heavy (non-hydrogen) atoms. The van der Waals surface area contributed by atoms with Crippen molar-refractivity contribution in [3.8, 4) is 0 Å². The second kappa shape index (κ2) is 5.82. The summed E-state index contributed by atoms with van der Waals surface area (Å²) in [5.74, 6) is -0.606. The smallest absolute Gasteiger partial charge is 0.360 e. The maximum atomic E-state index is 11.8. The van der Waals surface area contributed by atoms with Gasteiger partial charge in [0.25, 0.3) is 5.56 Å². The largest absolute Gasteiger partial charge is 0.461 e. The number of carbonyl (C=O) groups excluding carboxylic acids is 1.